The predicted molar refractivity (Wildman–Crippen MR) is 93.4 cm³/mol. The average Bonchev–Trinajstić information content (AvgIpc) is 2.62. The van der Waals surface area contributed by atoms with Crippen molar-refractivity contribution in [2.24, 2.45) is 0 Å². The first-order valence-electron chi connectivity index (χ1n) is 7.21. The number of benzene rings is 3. The van der Waals surface area contributed by atoms with Crippen molar-refractivity contribution in [3.63, 3.8) is 0 Å². The van der Waals surface area contributed by atoms with E-state index >= 15 is 0 Å². The molecule has 0 aliphatic rings. The van der Waals surface area contributed by atoms with E-state index in [2.05, 4.69) is 0 Å². The van der Waals surface area contributed by atoms with Crippen LogP contribution in [0.5, 0.6) is 0 Å². The first kappa shape index (κ1) is 15.8. The molecule has 2 nitrogen and oxygen atoms in total. The van der Waals surface area contributed by atoms with Crippen LogP contribution in [-0.4, -0.2) is 8.42 Å². The second-order valence-corrected chi connectivity index (χ2v) is 8.01. The summed E-state index contributed by atoms with van der Waals surface area (Å²) in [6.45, 7) is 1.99. The topological polar surface area (TPSA) is 34.1 Å². The van der Waals surface area contributed by atoms with E-state index in [-0.39, 0.29) is 0 Å². The summed E-state index contributed by atoms with van der Waals surface area (Å²) in [5.41, 5.74) is 1.12. The van der Waals surface area contributed by atoms with Crippen LogP contribution < -0.4 is 0 Å². The lowest BCUT2D eigenvalue weighted by molar-refractivity contribution is 0.674. The molecule has 2 atom stereocenters. The molecule has 0 bridgehead atoms. The Morgan fingerprint density at radius 2 is 1.00 bits per heavy atom. The molecule has 23 heavy (non-hydrogen) atoms. The molecule has 0 aromatic heterocycles. The Bertz CT molecular complexity index is 856. The summed E-state index contributed by atoms with van der Waals surface area (Å²) in [7, 11) is -2.70. The molecule has 0 radical (unpaired) electrons. The highest BCUT2D eigenvalue weighted by atomic mass is 32.2. The van der Waals surface area contributed by atoms with E-state index < -0.39 is 21.6 Å². The standard InChI is InChI=1S/C19H16O2S2/c1-15-11-13-17(14-12-15)23(21)19-10-6-5-9-18(19)22(20)16-7-3-2-4-8-16/h2-14H,1H3/t22?,23-/m0/s1. The molecule has 0 fully saturated rings. The maximum absolute atomic E-state index is 12.9. The molecule has 0 saturated carbocycles. The van der Waals surface area contributed by atoms with Gasteiger partial charge in [-0.25, -0.2) is 8.42 Å². The third-order valence-corrected chi connectivity index (χ3v) is 6.48. The largest absolute Gasteiger partial charge is 0.249 e. The second kappa shape index (κ2) is 7.02. The van der Waals surface area contributed by atoms with Gasteiger partial charge in [-0.15, -0.1) is 0 Å². The Morgan fingerprint density at radius 3 is 1.52 bits per heavy atom. The van der Waals surface area contributed by atoms with Crippen LogP contribution in [0.3, 0.4) is 0 Å². The SMILES string of the molecule is Cc1ccc([S@](=O)c2ccccc2S(=O)c2ccccc2)cc1. The summed E-state index contributed by atoms with van der Waals surface area (Å²) in [4.78, 5) is 2.62. The minimum absolute atomic E-state index is 0.595. The van der Waals surface area contributed by atoms with Crippen LogP contribution in [0.15, 0.2) is 98.4 Å². The van der Waals surface area contributed by atoms with Gasteiger partial charge in [0.25, 0.3) is 0 Å². The van der Waals surface area contributed by atoms with Gasteiger partial charge in [0.05, 0.1) is 31.4 Å². The lowest BCUT2D eigenvalue weighted by atomic mass is 10.2. The third-order valence-electron chi connectivity index (χ3n) is 3.44. The van der Waals surface area contributed by atoms with Crippen LogP contribution in [-0.2, 0) is 21.6 Å². The third kappa shape index (κ3) is 3.49. The molecule has 0 aliphatic carbocycles. The number of aryl methyl sites for hydroxylation is 1. The van der Waals surface area contributed by atoms with Crippen LogP contribution >= 0.6 is 0 Å². The van der Waals surface area contributed by atoms with E-state index in [9.17, 15) is 8.42 Å². The normalized spacial score (nSPS) is 13.4. The quantitative estimate of drug-likeness (QED) is 0.708. The first-order chi connectivity index (χ1) is 11.2. The Hall–Kier alpha value is -2.04. The van der Waals surface area contributed by atoms with Gasteiger partial charge in [0.2, 0.25) is 0 Å². The summed E-state index contributed by atoms with van der Waals surface area (Å²) in [5.74, 6) is 0. The van der Waals surface area contributed by atoms with Gasteiger partial charge in [-0.3, -0.25) is 0 Å². The van der Waals surface area contributed by atoms with Gasteiger partial charge in [0.15, 0.2) is 0 Å². The monoisotopic (exact) mass is 340 g/mol. The predicted octanol–water partition coefficient (Wildman–Crippen LogP) is 4.33. The van der Waals surface area contributed by atoms with Crippen molar-refractivity contribution in [2.75, 3.05) is 0 Å². The smallest absolute Gasteiger partial charge is 0.0862 e. The van der Waals surface area contributed by atoms with E-state index in [0.717, 1.165) is 5.56 Å². The molecule has 116 valence electrons. The van der Waals surface area contributed by atoms with E-state index in [1.165, 1.54) is 0 Å². The number of hydrogen-bond acceptors (Lipinski definition) is 2. The van der Waals surface area contributed by atoms with E-state index in [4.69, 9.17) is 0 Å². The fraction of sp³-hybridized carbons (Fsp3) is 0.0526. The molecule has 0 saturated heterocycles. The van der Waals surface area contributed by atoms with Gasteiger partial charge in [0.1, 0.15) is 0 Å². The second-order valence-electron chi connectivity index (χ2n) is 5.11. The summed E-state index contributed by atoms with van der Waals surface area (Å²) in [5, 5.41) is 0. The molecule has 0 amide bonds. The molecule has 3 rings (SSSR count). The fourth-order valence-corrected chi connectivity index (χ4v) is 4.87. The number of rotatable bonds is 4. The zero-order valence-corrected chi connectivity index (χ0v) is 14.3. The minimum Gasteiger partial charge on any atom is -0.249 e. The van der Waals surface area contributed by atoms with Crippen LogP contribution in [0, 0.1) is 6.92 Å². The molecule has 0 spiro atoms. The van der Waals surface area contributed by atoms with E-state index in [1.54, 1.807) is 12.1 Å². The Morgan fingerprint density at radius 1 is 0.565 bits per heavy atom. The molecule has 4 heteroatoms. The van der Waals surface area contributed by atoms with Gasteiger partial charge < -0.3 is 0 Å². The van der Waals surface area contributed by atoms with Gasteiger partial charge in [0, 0.05) is 9.79 Å². The van der Waals surface area contributed by atoms with Crippen molar-refractivity contribution < 1.29 is 8.42 Å². The molecular weight excluding hydrogens is 324 g/mol. The zero-order valence-electron chi connectivity index (χ0n) is 12.6. The van der Waals surface area contributed by atoms with E-state index in [0.29, 0.717) is 19.6 Å². The van der Waals surface area contributed by atoms with Gasteiger partial charge in [-0.05, 0) is 43.3 Å². The van der Waals surface area contributed by atoms with Crippen molar-refractivity contribution in [3.8, 4) is 0 Å². The van der Waals surface area contributed by atoms with Crippen LogP contribution in [0.4, 0.5) is 0 Å². The molecule has 0 N–H and O–H groups in total. The summed E-state index contributed by atoms with van der Waals surface area (Å²) in [6.07, 6.45) is 0. The maximum Gasteiger partial charge on any atom is 0.0862 e. The van der Waals surface area contributed by atoms with Gasteiger partial charge >= 0.3 is 0 Å². The summed E-state index contributed by atoms with van der Waals surface area (Å²) in [6, 6.07) is 24.0. The van der Waals surface area contributed by atoms with Crippen molar-refractivity contribution in [1.82, 2.24) is 0 Å². The fourth-order valence-electron chi connectivity index (χ4n) is 2.22. The summed E-state index contributed by atoms with van der Waals surface area (Å²) >= 11 is 0. The van der Waals surface area contributed by atoms with E-state index in [1.807, 2.05) is 73.7 Å². The van der Waals surface area contributed by atoms with Crippen LogP contribution in [0.1, 0.15) is 5.56 Å². The first-order valence-corrected chi connectivity index (χ1v) is 9.51. The van der Waals surface area contributed by atoms with Gasteiger partial charge in [-0.1, -0.05) is 48.0 Å². The van der Waals surface area contributed by atoms with Crippen LogP contribution in [0.25, 0.3) is 0 Å². The summed E-state index contributed by atoms with van der Waals surface area (Å²) < 4.78 is 25.7. The zero-order chi connectivity index (χ0) is 16.2. The van der Waals surface area contributed by atoms with Crippen molar-refractivity contribution in [1.29, 1.82) is 0 Å². The lowest BCUT2D eigenvalue weighted by Crippen LogP contribution is -2.01. The molecular formula is C19H16O2S2. The Balaban J connectivity index is 2.03. The molecule has 0 aliphatic heterocycles. The Labute approximate surface area is 141 Å². The lowest BCUT2D eigenvalue weighted by Gasteiger charge is -2.09. The molecule has 3 aromatic rings. The van der Waals surface area contributed by atoms with Crippen molar-refractivity contribution >= 4 is 21.6 Å². The number of hydrogen-bond donors (Lipinski definition) is 0. The maximum atomic E-state index is 12.9. The minimum atomic E-state index is -1.35. The van der Waals surface area contributed by atoms with Gasteiger partial charge in [-0.2, -0.15) is 0 Å². The molecule has 0 heterocycles. The molecule has 1 unspecified atom stereocenters. The molecule has 3 aromatic carbocycles. The van der Waals surface area contributed by atoms with Crippen molar-refractivity contribution in [2.45, 2.75) is 26.5 Å². The Kier molecular flexibility index (Phi) is 4.84. The van der Waals surface area contributed by atoms with Crippen molar-refractivity contribution in [3.05, 3.63) is 84.4 Å². The van der Waals surface area contributed by atoms with Crippen LogP contribution in [0.2, 0.25) is 0 Å². The average molecular weight is 340 g/mol. The highest BCUT2D eigenvalue weighted by Crippen LogP contribution is 2.26. The highest BCUT2D eigenvalue weighted by molar-refractivity contribution is 7.88. The highest BCUT2D eigenvalue weighted by Gasteiger charge is 2.17.